The molecule has 0 aromatic heterocycles. The van der Waals surface area contributed by atoms with Crippen LogP contribution >= 0.6 is 15.9 Å². The summed E-state index contributed by atoms with van der Waals surface area (Å²) in [5.41, 5.74) is 7.65. The number of anilines is 1. The van der Waals surface area contributed by atoms with Gasteiger partial charge in [0.25, 0.3) is 0 Å². The van der Waals surface area contributed by atoms with E-state index in [2.05, 4.69) is 15.9 Å². The largest absolute Gasteiger partial charge is 0.489 e. The molecule has 1 aromatic rings. The lowest BCUT2D eigenvalue weighted by molar-refractivity contribution is 0.0252. The van der Waals surface area contributed by atoms with E-state index in [1.807, 2.05) is 19.1 Å². The van der Waals surface area contributed by atoms with E-state index in [4.69, 9.17) is 15.2 Å². The zero-order valence-electron chi connectivity index (χ0n) is 9.33. The summed E-state index contributed by atoms with van der Waals surface area (Å²) in [6.45, 7) is 3.56. The predicted molar refractivity (Wildman–Crippen MR) is 67.8 cm³/mol. The average molecular weight is 286 g/mol. The quantitative estimate of drug-likeness (QED) is 0.850. The van der Waals surface area contributed by atoms with Gasteiger partial charge in [0.1, 0.15) is 11.9 Å². The van der Waals surface area contributed by atoms with Crippen molar-refractivity contribution in [2.24, 2.45) is 0 Å². The number of rotatable bonds is 2. The topological polar surface area (TPSA) is 44.5 Å². The molecule has 0 atom stereocenters. The van der Waals surface area contributed by atoms with Crippen molar-refractivity contribution in [1.82, 2.24) is 0 Å². The SMILES string of the molecule is Cc1cc(OC2CCOCC2)c(Br)cc1N. The van der Waals surface area contributed by atoms with Crippen LogP contribution in [0.25, 0.3) is 0 Å². The monoisotopic (exact) mass is 285 g/mol. The molecule has 2 rings (SSSR count). The molecule has 88 valence electrons. The molecule has 1 aromatic carbocycles. The van der Waals surface area contributed by atoms with E-state index in [0.717, 1.165) is 47.5 Å². The molecule has 0 spiro atoms. The third-order valence-electron chi connectivity index (χ3n) is 2.78. The maximum atomic E-state index is 5.94. The molecule has 0 bridgehead atoms. The fourth-order valence-electron chi connectivity index (χ4n) is 1.73. The molecule has 1 saturated heterocycles. The number of aryl methyl sites for hydroxylation is 1. The van der Waals surface area contributed by atoms with Gasteiger partial charge in [0.15, 0.2) is 0 Å². The maximum absolute atomic E-state index is 5.94. The van der Waals surface area contributed by atoms with Gasteiger partial charge in [0.2, 0.25) is 0 Å². The van der Waals surface area contributed by atoms with Crippen LogP contribution in [0.3, 0.4) is 0 Å². The van der Waals surface area contributed by atoms with E-state index < -0.39 is 0 Å². The first-order valence-corrected chi connectivity index (χ1v) is 6.26. The number of ether oxygens (including phenoxy) is 2. The highest BCUT2D eigenvalue weighted by atomic mass is 79.9. The third-order valence-corrected chi connectivity index (χ3v) is 3.40. The van der Waals surface area contributed by atoms with Gasteiger partial charge in [-0.3, -0.25) is 0 Å². The van der Waals surface area contributed by atoms with E-state index in [-0.39, 0.29) is 6.10 Å². The van der Waals surface area contributed by atoms with Crippen molar-refractivity contribution in [3.05, 3.63) is 22.2 Å². The standard InChI is InChI=1S/C12H16BrNO2/c1-8-6-12(10(13)7-11(8)14)16-9-2-4-15-5-3-9/h6-7,9H,2-5,14H2,1H3. The Morgan fingerprint density at radius 2 is 2.06 bits per heavy atom. The van der Waals surface area contributed by atoms with Gasteiger partial charge in [-0.05, 0) is 40.5 Å². The second-order valence-corrected chi connectivity index (χ2v) is 4.92. The molecular formula is C12H16BrNO2. The van der Waals surface area contributed by atoms with Crippen LogP contribution in [0, 0.1) is 6.92 Å². The molecule has 16 heavy (non-hydrogen) atoms. The van der Waals surface area contributed by atoms with Gasteiger partial charge >= 0.3 is 0 Å². The number of hydrogen-bond acceptors (Lipinski definition) is 3. The summed E-state index contributed by atoms with van der Waals surface area (Å²) < 4.78 is 12.2. The smallest absolute Gasteiger partial charge is 0.134 e. The Morgan fingerprint density at radius 3 is 2.75 bits per heavy atom. The van der Waals surface area contributed by atoms with Gasteiger partial charge in [-0.1, -0.05) is 0 Å². The summed E-state index contributed by atoms with van der Waals surface area (Å²) in [6, 6.07) is 3.87. The van der Waals surface area contributed by atoms with Crippen molar-refractivity contribution in [1.29, 1.82) is 0 Å². The van der Waals surface area contributed by atoms with Crippen LogP contribution in [0.5, 0.6) is 5.75 Å². The molecule has 4 heteroatoms. The van der Waals surface area contributed by atoms with Gasteiger partial charge in [-0.15, -0.1) is 0 Å². The highest BCUT2D eigenvalue weighted by molar-refractivity contribution is 9.10. The van der Waals surface area contributed by atoms with Crippen LogP contribution in [0.1, 0.15) is 18.4 Å². The normalized spacial score (nSPS) is 17.4. The van der Waals surface area contributed by atoms with Crippen LogP contribution < -0.4 is 10.5 Å². The van der Waals surface area contributed by atoms with E-state index in [9.17, 15) is 0 Å². The molecule has 1 heterocycles. The van der Waals surface area contributed by atoms with Crippen molar-refractivity contribution in [2.45, 2.75) is 25.9 Å². The Bertz CT molecular complexity index is 376. The molecule has 0 unspecified atom stereocenters. The molecule has 3 nitrogen and oxygen atoms in total. The van der Waals surface area contributed by atoms with E-state index >= 15 is 0 Å². The minimum atomic E-state index is 0.257. The lowest BCUT2D eigenvalue weighted by Crippen LogP contribution is -2.26. The Kier molecular flexibility index (Phi) is 3.71. The first-order valence-electron chi connectivity index (χ1n) is 5.47. The Hall–Kier alpha value is -0.740. The van der Waals surface area contributed by atoms with Crippen LogP contribution in [0.2, 0.25) is 0 Å². The van der Waals surface area contributed by atoms with Crippen LogP contribution in [0.15, 0.2) is 16.6 Å². The zero-order chi connectivity index (χ0) is 11.5. The second-order valence-electron chi connectivity index (χ2n) is 4.07. The van der Waals surface area contributed by atoms with Gasteiger partial charge in [0.05, 0.1) is 17.7 Å². The van der Waals surface area contributed by atoms with E-state index in [1.165, 1.54) is 0 Å². The van der Waals surface area contributed by atoms with Gasteiger partial charge in [-0.2, -0.15) is 0 Å². The molecule has 1 fully saturated rings. The van der Waals surface area contributed by atoms with Gasteiger partial charge in [0, 0.05) is 18.5 Å². The molecule has 0 saturated carbocycles. The summed E-state index contributed by atoms with van der Waals surface area (Å²) >= 11 is 3.47. The van der Waals surface area contributed by atoms with Crippen molar-refractivity contribution in [3.8, 4) is 5.75 Å². The van der Waals surface area contributed by atoms with Crippen molar-refractivity contribution in [3.63, 3.8) is 0 Å². The molecule has 0 aliphatic carbocycles. The highest BCUT2D eigenvalue weighted by Crippen LogP contribution is 2.31. The second kappa shape index (κ2) is 5.06. The van der Waals surface area contributed by atoms with Crippen molar-refractivity contribution >= 4 is 21.6 Å². The van der Waals surface area contributed by atoms with E-state index in [1.54, 1.807) is 0 Å². The maximum Gasteiger partial charge on any atom is 0.134 e. The molecule has 1 aliphatic rings. The molecule has 0 radical (unpaired) electrons. The lowest BCUT2D eigenvalue weighted by atomic mass is 10.1. The summed E-state index contributed by atoms with van der Waals surface area (Å²) in [4.78, 5) is 0. The van der Waals surface area contributed by atoms with Crippen LogP contribution in [0.4, 0.5) is 5.69 Å². The lowest BCUT2D eigenvalue weighted by Gasteiger charge is -2.24. The number of nitrogen functional groups attached to an aromatic ring is 1. The van der Waals surface area contributed by atoms with Crippen LogP contribution in [-0.4, -0.2) is 19.3 Å². The van der Waals surface area contributed by atoms with Crippen molar-refractivity contribution in [2.75, 3.05) is 18.9 Å². The summed E-state index contributed by atoms with van der Waals surface area (Å²) in [7, 11) is 0. The minimum Gasteiger partial charge on any atom is -0.489 e. The Balaban J connectivity index is 2.11. The summed E-state index contributed by atoms with van der Waals surface area (Å²) in [5, 5.41) is 0. The fraction of sp³-hybridized carbons (Fsp3) is 0.500. The fourth-order valence-corrected chi connectivity index (χ4v) is 2.19. The first-order chi connectivity index (χ1) is 7.66. The van der Waals surface area contributed by atoms with Gasteiger partial charge < -0.3 is 15.2 Å². The van der Waals surface area contributed by atoms with Crippen molar-refractivity contribution < 1.29 is 9.47 Å². The summed E-state index contributed by atoms with van der Waals surface area (Å²) in [5.74, 6) is 0.874. The predicted octanol–water partition coefficient (Wildman–Crippen LogP) is 2.90. The summed E-state index contributed by atoms with van der Waals surface area (Å²) in [6.07, 6.45) is 2.17. The Morgan fingerprint density at radius 1 is 1.38 bits per heavy atom. The molecule has 1 aliphatic heterocycles. The average Bonchev–Trinajstić information content (AvgIpc) is 2.27. The Labute approximate surface area is 104 Å². The molecule has 2 N–H and O–H groups in total. The number of nitrogens with two attached hydrogens (primary N) is 1. The number of hydrogen-bond donors (Lipinski definition) is 1. The van der Waals surface area contributed by atoms with E-state index in [0.29, 0.717) is 0 Å². The van der Waals surface area contributed by atoms with Crippen LogP contribution in [-0.2, 0) is 4.74 Å². The number of halogens is 1. The molecule has 0 amide bonds. The molecular weight excluding hydrogens is 270 g/mol. The zero-order valence-corrected chi connectivity index (χ0v) is 10.9. The first kappa shape index (κ1) is 11.7. The number of benzene rings is 1. The third kappa shape index (κ3) is 2.68. The minimum absolute atomic E-state index is 0.257. The highest BCUT2D eigenvalue weighted by Gasteiger charge is 2.16. The van der Waals surface area contributed by atoms with Gasteiger partial charge in [-0.25, -0.2) is 0 Å².